The summed E-state index contributed by atoms with van der Waals surface area (Å²) < 4.78 is 5.20. The van der Waals surface area contributed by atoms with E-state index in [-0.39, 0.29) is 18.4 Å². The summed E-state index contributed by atoms with van der Waals surface area (Å²) in [5, 5.41) is 7.31. The molecule has 1 aliphatic rings. The lowest BCUT2D eigenvalue weighted by molar-refractivity contribution is 0.319. The molecule has 1 saturated heterocycles. The molecule has 1 aromatic heterocycles. The van der Waals surface area contributed by atoms with Gasteiger partial charge in [0.2, 0.25) is 0 Å². The molecule has 0 spiro atoms. The Morgan fingerprint density at radius 1 is 1.32 bits per heavy atom. The molecule has 0 amide bonds. The molecule has 0 radical (unpaired) electrons. The molecule has 1 fully saturated rings. The minimum Gasteiger partial charge on any atom is -0.497 e. The molecule has 22 heavy (non-hydrogen) atoms. The zero-order valence-corrected chi connectivity index (χ0v) is 13.8. The largest absolute Gasteiger partial charge is 0.497 e. The number of nitrogens with two attached hydrogens (primary N) is 1. The Labute approximate surface area is 137 Å². The Bertz CT molecular complexity index is 588. The van der Waals surface area contributed by atoms with Gasteiger partial charge in [0.05, 0.1) is 19.0 Å². The number of aromatic amines is 1. The van der Waals surface area contributed by atoms with E-state index in [1.165, 1.54) is 5.56 Å². The second-order valence-electron chi connectivity index (χ2n) is 5.83. The molecule has 3 N–H and O–H groups in total. The van der Waals surface area contributed by atoms with Crippen molar-refractivity contribution in [3.63, 3.8) is 0 Å². The number of hydrogen-bond acceptors (Lipinski definition) is 4. The van der Waals surface area contributed by atoms with Crippen LogP contribution in [0.5, 0.6) is 5.75 Å². The lowest BCUT2D eigenvalue weighted by atomic mass is 10.1. The molecule has 0 bridgehead atoms. The number of halogens is 1. The number of nitrogens with zero attached hydrogens (tertiary/aromatic N) is 2. The fourth-order valence-electron chi connectivity index (χ4n) is 2.90. The van der Waals surface area contributed by atoms with Gasteiger partial charge in [-0.15, -0.1) is 12.4 Å². The van der Waals surface area contributed by atoms with Crippen LogP contribution in [0.2, 0.25) is 0 Å². The quantitative estimate of drug-likeness (QED) is 0.906. The standard InChI is InChI=1S/C16H22N4O.ClH/c1-11-8-20(10-15(11)17)9-13-7-18-19-16(13)12-3-5-14(21-2)6-4-12;/h3-7,11,15H,8-10,17H2,1-2H3,(H,18,19);1H. The lowest BCUT2D eigenvalue weighted by Gasteiger charge is -2.15. The van der Waals surface area contributed by atoms with Crippen molar-refractivity contribution < 1.29 is 4.74 Å². The van der Waals surface area contributed by atoms with Crippen LogP contribution in [-0.4, -0.2) is 41.3 Å². The third kappa shape index (κ3) is 3.43. The molecule has 0 saturated carbocycles. The predicted octanol–water partition coefficient (Wildman–Crippen LogP) is 2.29. The smallest absolute Gasteiger partial charge is 0.118 e. The first-order chi connectivity index (χ1) is 10.2. The number of ether oxygens (including phenoxy) is 1. The van der Waals surface area contributed by atoms with Crippen molar-refractivity contribution in [2.24, 2.45) is 11.7 Å². The average Bonchev–Trinajstić information content (AvgIpc) is 3.07. The van der Waals surface area contributed by atoms with E-state index >= 15 is 0 Å². The van der Waals surface area contributed by atoms with Gasteiger partial charge in [-0.25, -0.2) is 0 Å². The predicted molar refractivity (Wildman–Crippen MR) is 90.2 cm³/mol. The van der Waals surface area contributed by atoms with Crippen LogP contribution < -0.4 is 10.5 Å². The fourth-order valence-corrected chi connectivity index (χ4v) is 2.90. The van der Waals surface area contributed by atoms with Crippen LogP contribution >= 0.6 is 12.4 Å². The summed E-state index contributed by atoms with van der Waals surface area (Å²) >= 11 is 0. The minimum absolute atomic E-state index is 0. The molecule has 3 rings (SSSR count). The van der Waals surface area contributed by atoms with Crippen LogP contribution in [0.15, 0.2) is 30.5 Å². The van der Waals surface area contributed by atoms with Crippen molar-refractivity contribution in [3.05, 3.63) is 36.0 Å². The van der Waals surface area contributed by atoms with Gasteiger partial charge in [0.15, 0.2) is 0 Å². The Kier molecular flexibility index (Phi) is 5.45. The Balaban J connectivity index is 0.00000176. The van der Waals surface area contributed by atoms with Crippen LogP contribution in [0.25, 0.3) is 11.3 Å². The van der Waals surface area contributed by atoms with Crippen molar-refractivity contribution >= 4 is 12.4 Å². The summed E-state index contributed by atoms with van der Waals surface area (Å²) in [7, 11) is 1.68. The van der Waals surface area contributed by atoms with Crippen molar-refractivity contribution in [3.8, 4) is 17.0 Å². The number of methoxy groups -OCH3 is 1. The van der Waals surface area contributed by atoms with Crippen molar-refractivity contribution in [2.75, 3.05) is 20.2 Å². The zero-order valence-electron chi connectivity index (χ0n) is 13.0. The first kappa shape index (κ1) is 16.8. The minimum atomic E-state index is 0. The van der Waals surface area contributed by atoms with E-state index in [0.717, 1.165) is 36.6 Å². The molecule has 5 nitrogen and oxygen atoms in total. The highest BCUT2D eigenvalue weighted by Gasteiger charge is 2.27. The van der Waals surface area contributed by atoms with Gasteiger partial charge in [0.1, 0.15) is 5.75 Å². The summed E-state index contributed by atoms with van der Waals surface area (Å²) in [4.78, 5) is 2.40. The van der Waals surface area contributed by atoms with E-state index < -0.39 is 0 Å². The van der Waals surface area contributed by atoms with Crippen molar-refractivity contribution in [1.82, 2.24) is 15.1 Å². The van der Waals surface area contributed by atoms with Crippen LogP contribution in [0.1, 0.15) is 12.5 Å². The summed E-state index contributed by atoms with van der Waals surface area (Å²) in [6.07, 6.45) is 1.91. The first-order valence-electron chi connectivity index (χ1n) is 7.32. The van der Waals surface area contributed by atoms with Crippen molar-refractivity contribution in [1.29, 1.82) is 0 Å². The number of nitrogens with one attached hydrogen (secondary N) is 1. The van der Waals surface area contributed by atoms with E-state index in [1.807, 2.05) is 30.5 Å². The molecule has 1 aliphatic heterocycles. The highest BCUT2D eigenvalue weighted by atomic mass is 35.5. The van der Waals surface area contributed by atoms with E-state index in [4.69, 9.17) is 10.5 Å². The number of H-pyrrole nitrogens is 1. The molecule has 6 heteroatoms. The number of likely N-dealkylation sites (tertiary alicyclic amines) is 1. The van der Waals surface area contributed by atoms with Gasteiger partial charge >= 0.3 is 0 Å². The highest BCUT2D eigenvalue weighted by Crippen LogP contribution is 2.26. The third-order valence-corrected chi connectivity index (χ3v) is 4.24. The molecule has 2 atom stereocenters. The Morgan fingerprint density at radius 2 is 2.05 bits per heavy atom. The molecule has 1 aromatic carbocycles. The van der Waals surface area contributed by atoms with Gasteiger partial charge in [0, 0.05) is 36.8 Å². The lowest BCUT2D eigenvalue weighted by Crippen LogP contribution is -2.28. The molecule has 120 valence electrons. The van der Waals surface area contributed by atoms with E-state index in [0.29, 0.717) is 5.92 Å². The van der Waals surface area contributed by atoms with Gasteiger partial charge in [-0.05, 0) is 30.2 Å². The van der Waals surface area contributed by atoms with Crippen LogP contribution in [0.3, 0.4) is 0 Å². The SMILES string of the molecule is COc1ccc(-c2[nH]ncc2CN2CC(C)C(N)C2)cc1.Cl. The summed E-state index contributed by atoms with van der Waals surface area (Å²) in [6.45, 7) is 5.10. The molecule has 2 unspecified atom stereocenters. The van der Waals surface area contributed by atoms with Gasteiger partial charge in [-0.1, -0.05) is 6.92 Å². The monoisotopic (exact) mass is 322 g/mol. The van der Waals surface area contributed by atoms with Crippen molar-refractivity contribution in [2.45, 2.75) is 19.5 Å². The maximum atomic E-state index is 6.10. The van der Waals surface area contributed by atoms with Gasteiger partial charge in [-0.2, -0.15) is 5.10 Å². The second kappa shape index (κ2) is 7.13. The molecule has 2 heterocycles. The average molecular weight is 323 g/mol. The third-order valence-electron chi connectivity index (χ3n) is 4.24. The van der Waals surface area contributed by atoms with Gasteiger partial charge in [0.25, 0.3) is 0 Å². The number of benzene rings is 1. The topological polar surface area (TPSA) is 67.2 Å². The zero-order chi connectivity index (χ0) is 14.8. The Morgan fingerprint density at radius 3 is 2.64 bits per heavy atom. The summed E-state index contributed by atoms with van der Waals surface area (Å²) in [6, 6.07) is 8.31. The second-order valence-corrected chi connectivity index (χ2v) is 5.83. The normalized spacial score (nSPS) is 21.6. The fraction of sp³-hybridized carbons (Fsp3) is 0.438. The number of rotatable bonds is 4. The van der Waals surface area contributed by atoms with E-state index in [9.17, 15) is 0 Å². The molecular weight excluding hydrogens is 300 g/mol. The van der Waals surface area contributed by atoms with Gasteiger partial charge in [-0.3, -0.25) is 10.00 Å². The maximum absolute atomic E-state index is 6.10. The first-order valence-corrected chi connectivity index (χ1v) is 7.32. The van der Waals surface area contributed by atoms with Crippen LogP contribution in [-0.2, 0) is 6.54 Å². The Hall–Kier alpha value is -1.56. The van der Waals surface area contributed by atoms with E-state index in [1.54, 1.807) is 7.11 Å². The molecule has 0 aliphatic carbocycles. The summed E-state index contributed by atoms with van der Waals surface area (Å²) in [5.74, 6) is 1.42. The number of aromatic nitrogens is 2. The summed E-state index contributed by atoms with van der Waals surface area (Å²) in [5.41, 5.74) is 9.51. The maximum Gasteiger partial charge on any atom is 0.118 e. The number of hydrogen-bond donors (Lipinski definition) is 2. The molecular formula is C16H23ClN4O. The van der Waals surface area contributed by atoms with Crippen LogP contribution in [0, 0.1) is 5.92 Å². The highest BCUT2D eigenvalue weighted by molar-refractivity contribution is 5.85. The van der Waals surface area contributed by atoms with Gasteiger partial charge < -0.3 is 10.5 Å². The van der Waals surface area contributed by atoms with Crippen LogP contribution in [0.4, 0.5) is 0 Å². The molecule has 2 aromatic rings. The van der Waals surface area contributed by atoms with E-state index in [2.05, 4.69) is 22.0 Å².